The first-order valence-corrected chi connectivity index (χ1v) is 6.67. The van der Waals surface area contributed by atoms with E-state index >= 15 is 0 Å². The van der Waals surface area contributed by atoms with Gasteiger partial charge in [-0.2, -0.15) is 0 Å². The van der Waals surface area contributed by atoms with Gasteiger partial charge in [-0.15, -0.1) is 11.8 Å². The molecule has 2 nitrogen and oxygen atoms in total. The predicted octanol–water partition coefficient (Wildman–Crippen LogP) is 3.54. The van der Waals surface area contributed by atoms with Crippen LogP contribution >= 0.6 is 0 Å². The summed E-state index contributed by atoms with van der Waals surface area (Å²) < 4.78 is 5.45. The zero-order valence-electron chi connectivity index (χ0n) is 11.6. The Morgan fingerprint density at radius 2 is 1.94 bits per heavy atom. The molecule has 2 heteroatoms. The van der Waals surface area contributed by atoms with Crippen molar-refractivity contribution < 1.29 is 4.74 Å². The Hall–Kier alpha value is -1.46. The molecule has 0 aliphatic rings. The molecule has 0 spiro atoms. The summed E-state index contributed by atoms with van der Waals surface area (Å²) in [5.41, 5.74) is 1.27. The lowest BCUT2D eigenvalue weighted by atomic mass is 10.0. The average Bonchev–Trinajstić information content (AvgIpc) is 2.41. The van der Waals surface area contributed by atoms with Gasteiger partial charge in [-0.1, -0.05) is 19.1 Å². The minimum absolute atomic E-state index is 0.313. The summed E-state index contributed by atoms with van der Waals surface area (Å²) >= 11 is 0. The number of rotatable bonds is 7. The van der Waals surface area contributed by atoms with E-state index in [1.54, 1.807) is 0 Å². The first-order valence-electron chi connectivity index (χ1n) is 6.67. The van der Waals surface area contributed by atoms with Crippen molar-refractivity contribution in [3.63, 3.8) is 0 Å². The van der Waals surface area contributed by atoms with Crippen molar-refractivity contribution in [2.24, 2.45) is 0 Å². The van der Waals surface area contributed by atoms with Crippen LogP contribution in [0, 0.1) is 11.8 Å². The van der Waals surface area contributed by atoms with Crippen molar-refractivity contribution in [3.05, 3.63) is 29.8 Å². The molecule has 18 heavy (non-hydrogen) atoms. The highest BCUT2D eigenvalue weighted by atomic mass is 16.5. The number of hydrogen-bond donors (Lipinski definition) is 1. The number of ether oxygens (including phenoxy) is 1. The Balaban J connectivity index is 2.72. The third kappa shape index (κ3) is 4.81. The quantitative estimate of drug-likeness (QED) is 0.742. The van der Waals surface area contributed by atoms with Crippen LogP contribution in [0.3, 0.4) is 0 Å². The van der Waals surface area contributed by atoms with Crippen molar-refractivity contribution in [1.82, 2.24) is 5.32 Å². The summed E-state index contributed by atoms with van der Waals surface area (Å²) in [6, 6.07) is 8.61. The predicted molar refractivity (Wildman–Crippen MR) is 76.7 cm³/mol. The topological polar surface area (TPSA) is 21.3 Å². The molecule has 0 fully saturated rings. The standard InChI is InChI=1S/C16H23NO/c1-4-7-8-16(17-13-5-2)14-9-11-15(12-10-14)18-6-3/h9-12,16-17H,5-6,8,13H2,1-3H3. The Morgan fingerprint density at radius 1 is 1.22 bits per heavy atom. The smallest absolute Gasteiger partial charge is 0.119 e. The fraction of sp³-hybridized carbons (Fsp3) is 0.500. The highest BCUT2D eigenvalue weighted by Gasteiger charge is 2.08. The van der Waals surface area contributed by atoms with E-state index in [0.717, 1.165) is 25.1 Å². The van der Waals surface area contributed by atoms with Crippen molar-refractivity contribution in [2.45, 2.75) is 39.7 Å². The van der Waals surface area contributed by atoms with Crippen LogP contribution < -0.4 is 10.1 Å². The molecular weight excluding hydrogens is 222 g/mol. The minimum atomic E-state index is 0.313. The molecule has 0 aliphatic heterocycles. The summed E-state index contributed by atoms with van der Waals surface area (Å²) in [6.07, 6.45) is 1.98. The monoisotopic (exact) mass is 245 g/mol. The largest absolute Gasteiger partial charge is 0.494 e. The second kappa shape index (κ2) is 8.60. The Labute approximate surface area is 111 Å². The zero-order chi connectivity index (χ0) is 13.2. The molecule has 1 aromatic rings. The van der Waals surface area contributed by atoms with Crippen molar-refractivity contribution in [1.29, 1.82) is 0 Å². The average molecular weight is 245 g/mol. The van der Waals surface area contributed by atoms with Crippen LogP contribution in [-0.2, 0) is 0 Å². The summed E-state index contributed by atoms with van der Waals surface area (Å²) in [7, 11) is 0. The number of hydrogen-bond acceptors (Lipinski definition) is 2. The fourth-order valence-corrected chi connectivity index (χ4v) is 1.79. The van der Waals surface area contributed by atoms with Gasteiger partial charge >= 0.3 is 0 Å². The van der Waals surface area contributed by atoms with Crippen LogP contribution in [0.25, 0.3) is 0 Å². The van der Waals surface area contributed by atoms with E-state index in [2.05, 4.69) is 36.2 Å². The van der Waals surface area contributed by atoms with Gasteiger partial charge in [0.15, 0.2) is 0 Å². The maximum absolute atomic E-state index is 5.45. The summed E-state index contributed by atoms with van der Waals surface area (Å²) in [5.74, 6) is 7.04. The van der Waals surface area contributed by atoms with Gasteiger partial charge in [0.25, 0.3) is 0 Å². The van der Waals surface area contributed by atoms with Crippen molar-refractivity contribution in [3.8, 4) is 17.6 Å². The van der Waals surface area contributed by atoms with Gasteiger partial charge in [-0.05, 0) is 44.5 Å². The molecule has 1 N–H and O–H groups in total. The lowest BCUT2D eigenvalue weighted by Crippen LogP contribution is -2.21. The van der Waals surface area contributed by atoms with Crippen LogP contribution in [0.4, 0.5) is 0 Å². The van der Waals surface area contributed by atoms with Gasteiger partial charge in [0.2, 0.25) is 0 Å². The summed E-state index contributed by atoms with van der Waals surface area (Å²) in [6.45, 7) is 7.78. The third-order valence-corrected chi connectivity index (χ3v) is 2.72. The lowest BCUT2D eigenvalue weighted by molar-refractivity contribution is 0.340. The van der Waals surface area contributed by atoms with E-state index in [1.807, 2.05) is 26.0 Å². The van der Waals surface area contributed by atoms with Gasteiger partial charge in [0.1, 0.15) is 5.75 Å². The van der Waals surface area contributed by atoms with Gasteiger partial charge in [-0.25, -0.2) is 0 Å². The molecule has 0 saturated carbocycles. The molecular formula is C16H23NO. The molecule has 98 valence electrons. The Morgan fingerprint density at radius 3 is 2.50 bits per heavy atom. The maximum atomic E-state index is 5.45. The molecule has 1 atom stereocenters. The Kier molecular flexibility index (Phi) is 6.98. The zero-order valence-corrected chi connectivity index (χ0v) is 11.6. The highest BCUT2D eigenvalue weighted by molar-refractivity contribution is 5.30. The van der Waals surface area contributed by atoms with Crippen LogP contribution in [0.5, 0.6) is 5.75 Å². The molecule has 0 amide bonds. The summed E-state index contributed by atoms with van der Waals surface area (Å²) in [5, 5.41) is 3.53. The van der Waals surface area contributed by atoms with E-state index < -0.39 is 0 Å². The molecule has 0 heterocycles. The maximum Gasteiger partial charge on any atom is 0.119 e. The molecule has 0 aliphatic carbocycles. The molecule has 1 aromatic carbocycles. The molecule has 0 radical (unpaired) electrons. The van der Waals surface area contributed by atoms with Crippen molar-refractivity contribution in [2.75, 3.05) is 13.2 Å². The number of nitrogens with one attached hydrogen (secondary N) is 1. The van der Waals surface area contributed by atoms with Crippen LogP contribution in [0.2, 0.25) is 0 Å². The van der Waals surface area contributed by atoms with E-state index in [0.29, 0.717) is 12.6 Å². The fourth-order valence-electron chi connectivity index (χ4n) is 1.79. The normalized spacial score (nSPS) is 11.5. The van der Waals surface area contributed by atoms with Gasteiger partial charge in [-0.3, -0.25) is 0 Å². The molecule has 1 unspecified atom stereocenters. The second-order valence-electron chi connectivity index (χ2n) is 4.14. The molecule has 0 bridgehead atoms. The number of benzene rings is 1. The van der Waals surface area contributed by atoms with Crippen LogP contribution in [0.15, 0.2) is 24.3 Å². The SMILES string of the molecule is CC#CCC(NCCC)c1ccc(OCC)cc1. The van der Waals surface area contributed by atoms with E-state index in [9.17, 15) is 0 Å². The summed E-state index contributed by atoms with van der Waals surface area (Å²) in [4.78, 5) is 0. The van der Waals surface area contributed by atoms with E-state index in [-0.39, 0.29) is 0 Å². The first kappa shape index (κ1) is 14.6. The first-order chi connectivity index (χ1) is 8.81. The molecule has 1 rings (SSSR count). The van der Waals surface area contributed by atoms with Gasteiger partial charge in [0, 0.05) is 12.5 Å². The van der Waals surface area contributed by atoms with Crippen molar-refractivity contribution >= 4 is 0 Å². The highest BCUT2D eigenvalue weighted by Crippen LogP contribution is 2.20. The van der Waals surface area contributed by atoms with E-state index in [1.165, 1.54) is 5.56 Å². The van der Waals surface area contributed by atoms with Crippen LogP contribution in [-0.4, -0.2) is 13.2 Å². The molecule has 0 saturated heterocycles. The third-order valence-electron chi connectivity index (χ3n) is 2.72. The van der Waals surface area contributed by atoms with E-state index in [4.69, 9.17) is 4.74 Å². The minimum Gasteiger partial charge on any atom is -0.494 e. The second-order valence-corrected chi connectivity index (χ2v) is 4.14. The molecule has 0 aromatic heterocycles. The van der Waals surface area contributed by atoms with Crippen LogP contribution in [0.1, 0.15) is 45.2 Å². The van der Waals surface area contributed by atoms with Gasteiger partial charge < -0.3 is 10.1 Å². The van der Waals surface area contributed by atoms with Gasteiger partial charge in [0.05, 0.1) is 6.61 Å². The Bertz CT molecular complexity index is 386. The lowest BCUT2D eigenvalue weighted by Gasteiger charge is -2.17.